The molecule has 0 radical (unpaired) electrons. The van der Waals surface area contributed by atoms with E-state index in [4.69, 9.17) is 0 Å². The summed E-state index contributed by atoms with van der Waals surface area (Å²) >= 11 is 3.59. The zero-order chi connectivity index (χ0) is 9.84. The third-order valence-corrected chi connectivity index (χ3v) is 3.54. The molecular formula is C10H15NS2. The van der Waals surface area contributed by atoms with E-state index in [1.54, 1.807) is 11.8 Å². The first-order valence-corrected chi connectivity index (χ1v) is 6.15. The predicted molar refractivity (Wildman–Crippen MR) is 65.5 cm³/mol. The quantitative estimate of drug-likeness (QED) is 0.693. The average molecular weight is 213 g/mol. The van der Waals surface area contributed by atoms with Crippen LogP contribution in [0, 0.1) is 0 Å². The minimum absolute atomic E-state index is 0.558. The molecule has 0 N–H and O–H groups in total. The first-order chi connectivity index (χ1) is 6.08. The van der Waals surface area contributed by atoms with E-state index in [-0.39, 0.29) is 0 Å². The molecule has 3 heteroatoms. The van der Waals surface area contributed by atoms with Gasteiger partial charge in [-0.15, -0.1) is 11.8 Å². The van der Waals surface area contributed by atoms with Crippen LogP contribution in [0.2, 0.25) is 0 Å². The molecule has 1 heterocycles. The normalized spacial score (nSPS) is 23.2. The first-order valence-electron chi connectivity index (χ1n) is 4.29. The van der Waals surface area contributed by atoms with E-state index in [1.165, 1.54) is 5.71 Å². The van der Waals surface area contributed by atoms with Gasteiger partial charge in [0.15, 0.2) is 0 Å². The zero-order valence-corrected chi connectivity index (χ0v) is 9.97. The summed E-state index contributed by atoms with van der Waals surface area (Å²) in [6, 6.07) is 0. The number of thioether (sulfide) groups is 2. The highest BCUT2D eigenvalue weighted by atomic mass is 32.2. The van der Waals surface area contributed by atoms with Crippen molar-refractivity contribution in [1.29, 1.82) is 0 Å². The van der Waals surface area contributed by atoms with Crippen LogP contribution in [-0.2, 0) is 0 Å². The molecular weight excluding hydrogens is 198 g/mol. The monoisotopic (exact) mass is 213 g/mol. The van der Waals surface area contributed by atoms with Crippen molar-refractivity contribution in [3.63, 3.8) is 0 Å². The minimum Gasteiger partial charge on any atom is -0.250 e. The van der Waals surface area contributed by atoms with Gasteiger partial charge in [0.05, 0.1) is 5.03 Å². The second-order valence-electron chi connectivity index (χ2n) is 3.17. The van der Waals surface area contributed by atoms with Crippen molar-refractivity contribution in [2.75, 3.05) is 5.75 Å². The molecule has 72 valence electrons. The summed E-state index contributed by atoms with van der Waals surface area (Å²) in [4.78, 5) is 5.62. The molecule has 1 aliphatic heterocycles. The van der Waals surface area contributed by atoms with Gasteiger partial charge in [-0.3, -0.25) is 4.99 Å². The van der Waals surface area contributed by atoms with E-state index in [2.05, 4.69) is 31.5 Å². The molecule has 0 aromatic rings. The molecule has 0 aliphatic carbocycles. The molecule has 0 aromatic carbocycles. The lowest BCUT2D eigenvalue weighted by Crippen LogP contribution is -1.96. The van der Waals surface area contributed by atoms with E-state index < -0.39 is 0 Å². The van der Waals surface area contributed by atoms with Gasteiger partial charge < -0.3 is 0 Å². The first kappa shape index (κ1) is 10.9. The van der Waals surface area contributed by atoms with Gasteiger partial charge in [-0.2, -0.15) is 0 Å². The number of allylic oxidation sites excluding steroid dienone is 1. The van der Waals surface area contributed by atoms with E-state index in [9.17, 15) is 0 Å². The molecule has 0 amide bonds. The summed E-state index contributed by atoms with van der Waals surface area (Å²) in [6.45, 7) is 10.2. The lowest BCUT2D eigenvalue weighted by atomic mass is 10.4. The maximum Gasteiger partial charge on any atom is 0.0974 e. The van der Waals surface area contributed by atoms with Gasteiger partial charge in [-0.05, 0) is 31.8 Å². The van der Waals surface area contributed by atoms with Crippen LogP contribution < -0.4 is 0 Å². The van der Waals surface area contributed by atoms with Crippen molar-refractivity contribution >= 4 is 29.2 Å². The third-order valence-electron chi connectivity index (χ3n) is 1.51. The molecule has 0 saturated carbocycles. The molecule has 0 fully saturated rings. The lowest BCUT2D eigenvalue weighted by Gasteiger charge is -2.02. The Hall–Kier alpha value is -0.150. The highest BCUT2D eigenvalue weighted by Gasteiger charge is 2.08. The van der Waals surface area contributed by atoms with Crippen molar-refractivity contribution in [2.24, 2.45) is 4.99 Å². The van der Waals surface area contributed by atoms with Gasteiger partial charge in [0.1, 0.15) is 0 Å². The van der Waals surface area contributed by atoms with Crippen LogP contribution in [0.4, 0.5) is 0 Å². The van der Waals surface area contributed by atoms with E-state index >= 15 is 0 Å². The Morgan fingerprint density at radius 1 is 1.77 bits per heavy atom. The van der Waals surface area contributed by atoms with Gasteiger partial charge >= 0.3 is 0 Å². The summed E-state index contributed by atoms with van der Waals surface area (Å²) < 4.78 is 0. The van der Waals surface area contributed by atoms with Crippen molar-refractivity contribution in [3.8, 4) is 0 Å². The second-order valence-corrected chi connectivity index (χ2v) is 5.86. The summed E-state index contributed by atoms with van der Waals surface area (Å²) in [6.07, 6.45) is 2.21. The SMILES string of the molecule is C=C(C)SC1=C[C@@H](C)SCC(C)=N1. The number of rotatable bonds is 2. The lowest BCUT2D eigenvalue weighted by molar-refractivity contribution is 1.23. The second kappa shape index (κ2) is 4.91. The van der Waals surface area contributed by atoms with Crippen molar-refractivity contribution in [2.45, 2.75) is 26.0 Å². The van der Waals surface area contributed by atoms with Crippen LogP contribution in [0.3, 0.4) is 0 Å². The average Bonchev–Trinajstić information content (AvgIpc) is 2.11. The highest BCUT2D eigenvalue weighted by molar-refractivity contribution is 8.06. The Balaban J connectivity index is 2.75. The van der Waals surface area contributed by atoms with E-state index in [1.807, 2.05) is 18.7 Å². The largest absolute Gasteiger partial charge is 0.250 e. The number of hydrogen-bond acceptors (Lipinski definition) is 3. The minimum atomic E-state index is 0.558. The van der Waals surface area contributed by atoms with Crippen LogP contribution in [0.5, 0.6) is 0 Å². The molecule has 13 heavy (non-hydrogen) atoms. The molecule has 0 spiro atoms. The van der Waals surface area contributed by atoms with Crippen LogP contribution in [0.15, 0.2) is 27.6 Å². The zero-order valence-electron chi connectivity index (χ0n) is 8.33. The van der Waals surface area contributed by atoms with E-state index in [0.29, 0.717) is 5.25 Å². The van der Waals surface area contributed by atoms with Crippen LogP contribution in [0.25, 0.3) is 0 Å². The molecule has 0 saturated heterocycles. The number of nitrogens with zero attached hydrogens (tertiary/aromatic N) is 1. The predicted octanol–water partition coefficient (Wildman–Crippen LogP) is 3.69. The number of aliphatic imine (C=N–C) groups is 1. The molecule has 0 aromatic heterocycles. The Kier molecular flexibility index (Phi) is 4.13. The maximum absolute atomic E-state index is 4.53. The van der Waals surface area contributed by atoms with Gasteiger partial charge in [0, 0.05) is 16.7 Å². The Morgan fingerprint density at radius 3 is 3.08 bits per heavy atom. The van der Waals surface area contributed by atoms with Crippen LogP contribution in [0.1, 0.15) is 20.8 Å². The van der Waals surface area contributed by atoms with Crippen molar-refractivity contribution in [1.82, 2.24) is 0 Å². The molecule has 1 rings (SSSR count). The Labute approximate surface area is 88.8 Å². The van der Waals surface area contributed by atoms with Crippen LogP contribution >= 0.6 is 23.5 Å². The molecule has 1 atom stereocenters. The van der Waals surface area contributed by atoms with Gasteiger partial charge in [-0.1, -0.05) is 18.3 Å². The summed E-state index contributed by atoms with van der Waals surface area (Å²) in [5.74, 6) is 1.04. The van der Waals surface area contributed by atoms with Crippen molar-refractivity contribution < 1.29 is 0 Å². The number of hydrogen-bond donors (Lipinski definition) is 0. The highest BCUT2D eigenvalue weighted by Crippen LogP contribution is 2.29. The third kappa shape index (κ3) is 4.05. The van der Waals surface area contributed by atoms with Gasteiger partial charge in [0.2, 0.25) is 0 Å². The molecule has 0 unspecified atom stereocenters. The van der Waals surface area contributed by atoms with Crippen LogP contribution in [-0.4, -0.2) is 16.7 Å². The standard InChI is InChI=1S/C10H15NS2/c1-7(2)13-10-5-9(4)12-6-8(3)11-10/h5,9H,1,6H2,2-4H3/t9-/m1/s1. The Morgan fingerprint density at radius 2 is 2.46 bits per heavy atom. The van der Waals surface area contributed by atoms with Gasteiger partial charge in [-0.25, -0.2) is 0 Å². The van der Waals surface area contributed by atoms with E-state index in [0.717, 1.165) is 15.7 Å². The summed E-state index contributed by atoms with van der Waals surface area (Å²) in [5, 5.41) is 1.66. The Bertz CT molecular complexity index is 266. The summed E-state index contributed by atoms with van der Waals surface area (Å²) in [7, 11) is 0. The molecule has 1 nitrogen and oxygen atoms in total. The fourth-order valence-electron chi connectivity index (χ4n) is 0.994. The molecule has 0 bridgehead atoms. The fraction of sp³-hybridized carbons (Fsp3) is 0.500. The topological polar surface area (TPSA) is 12.4 Å². The molecule has 1 aliphatic rings. The van der Waals surface area contributed by atoms with Gasteiger partial charge in [0.25, 0.3) is 0 Å². The summed E-state index contributed by atoms with van der Waals surface area (Å²) in [5.41, 5.74) is 1.20. The maximum atomic E-state index is 4.53. The fourth-order valence-corrected chi connectivity index (χ4v) is 2.70. The smallest absolute Gasteiger partial charge is 0.0974 e. The van der Waals surface area contributed by atoms with Crippen molar-refractivity contribution in [3.05, 3.63) is 22.6 Å².